The molecule has 1 fully saturated rings. The number of nitrogens with zero attached hydrogens (tertiary/aromatic N) is 7. The van der Waals surface area contributed by atoms with Gasteiger partial charge in [0.15, 0.2) is 0 Å². The number of carboxylic acid groups (broad SMARTS) is 1. The predicted octanol–water partition coefficient (Wildman–Crippen LogP) is 2.52. The molecule has 1 N–H and O–H groups in total. The minimum absolute atomic E-state index is 0.227. The number of fused-ring (bicyclic) bond motifs is 1. The van der Waals surface area contributed by atoms with Crippen molar-refractivity contribution in [1.29, 1.82) is 5.26 Å². The predicted molar refractivity (Wildman–Crippen MR) is 124 cm³/mol. The van der Waals surface area contributed by atoms with Crippen LogP contribution in [0.15, 0.2) is 24.7 Å². The number of ether oxygens (including phenoxy) is 2. The molecule has 0 aliphatic carbocycles. The first kappa shape index (κ1) is 22.9. The van der Waals surface area contributed by atoms with Gasteiger partial charge in [0.2, 0.25) is 5.88 Å². The third-order valence-electron chi connectivity index (χ3n) is 6.61. The summed E-state index contributed by atoms with van der Waals surface area (Å²) in [4.78, 5) is 17.1. The molecule has 11 heteroatoms. The fraction of sp³-hybridized carbons (Fsp3) is 0.458. The van der Waals surface area contributed by atoms with Gasteiger partial charge in [-0.05, 0) is 31.2 Å². The number of likely N-dealkylation sites (tertiary alicyclic amines) is 1. The standard InChI is InChI=1S/C24H27N7O4/c1-34-23-17(10-25)9-19(12-26-23)31-21-5-8-35-7-4-20(21)22(28-31)18-11-27-30(15-18)14-16-3-2-6-29(13-16)24(32)33/h9,11-12,15-16H,2-8,13-14H2,1H3,(H,32,33). The molecule has 2 aliphatic rings. The Hall–Kier alpha value is -3.91. The highest BCUT2D eigenvalue weighted by atomic mass is 16.5. The van der Waals surface area contributed by atoms with Gasteiger partial charge < -0.3 is 19.5 Å². The molecule has 5 heterocycles. The highest BCUT2D eigenvalue weighted by Crippen LogP contribution is 2.31. The lowest BCUT2D eigenvalue weighted by Crippen LogP contribution is -2.40. The number of hydrogen-bond donors (Lipinski definition) is 1. The molecular weight excluding hydrogens is 450 g/mol. The van der Waals surface area contributed by atoms with E-state index in [1.165, 1.54) is 12.0 Å². The summed E-state index contributed by atoms with van der Waals surface area (Å²) in [7, 11) is 1.49. The van der Waals surface area contributed by atoms with E-state index in [2.05, 4.69) is 16.2 Å². The van der Waals surface area contributed by atoms with Crippen LogP contribution in [0.4, 0.5) is 4.79 Å². The van der Waals surface area contributed by atoms with Crippen molar-refractivity contribution in [1.82, 2.24) is 29.4 Å². The van der Waals surface area contributed by atoms with Crippen LogP contribution in [0.1, 0.15) is 29.7 Å². The Morgan fingerprint density at radius 2 is 2.20 bits per heavy atom. The molecule has 0 saturated carbocycles. The number of carbonyl (C=O) groups is 1. The number of methoxy groups -OCH3 is 1. The monoisotopic (exact) mass is 477 g/mol. The molecule has 0 radical (unpaired) electrons. The SMILES string of the molecule is COc1ncc(-n2nc(-c3cnn(CC4CCCN(C(=O)O)C4)c3)c3c2CCOCC3)cc1C#N. The molecule has 0 bridgehead atoms. The van der Waals surface area contributed by atoms with E-state index in [-0.39, 0.29) is 11.8 Å². The fourth-order valence-corrected chi connectivity index (χ4v) is 4.93. The highest BCUT2D eigenvalue weighted by Gasteiger charge is 2.26. The van der Waals surface area contributed by atoms with Gasteiger partial charge >= 0.3 is 6.09 Å². The lowest BCUT2D eigenvalue weighted by molar-refractivity contribution is 0.115. The summed E-state index contributed by atoms with van der Waals surface area (Å²) in [5.41, 5.74) is 4.90. The van der Waals surface area contributed by atoms with Crippen molar-refractivity contribution >= 4 is 6.09 Å². The van der Waals surface area contributed by atoms with Crippen molar-refractivity contribution in [2.45, 2.75) is 32.2 Å². The van der Waals surface area contributed by atoms with Gasteiger partial charge in [0.1, 0.15) is 11.6 Å². The molecule has 182 valence electrons. The quantitative estimate of drug-likeness (QED) is 0.593. The molecule has 1 unspecified atom stereocenters. The van der Waals surface area contributed by atoms with Crippen molar-refractivity contribution in [2.75, 3.05) is 33.4 Å². The number of aromatic nitrogens is 5. The Balaban J connectivity index is 1.46. The molecule has 0 aromatic carbocycles. The van der Waals surface area contributed by atoms with Crippen LogP contribution in [0.2, 0.25) is 0 Å². The van der Waals surface area contributed by atoms with E-state index in [9.17, 15) is 15.2 Å². The van der Waals surface area contributed by atoms with Gasteiger partial charge in [0.25, 0.3) is 0 Å². The van der Waals surface area contributed by atoms with Gasteiger partial charge in [-0.3, -0.25) is 4.68 Å². The minimum Gasteiger partial charge on any atom is -0.480 e. The number of hydrogen-bond acceptors (Lipinski definition) is 7. The van der Waals surface area contributed by atoms with Crippen LogP contribution in [-0.4, -0.2) is 74.1 Å². The second-order valence-electron chi connectivity index (χ2n) is 8.85. The second-order valence-corrected chi connectivity index (χ2v) is 8.85. The van der Waals surface area contributed by atoms with Crippen molar-refractivity contribution in [2.24, 2.45) is 5.92 Å². The van der Waals surface area contributed by atoms with Crippen LogP contribution in [0, 0.1) is 17.2 Å². The maximum Gasteiger partial charge on any atom is 0.407 e. The van der Waals surface area contributed by atoms with E-state index in [1.54, 1.807) is 12.3 Å². The maximum absolute atomic E-state index is 11.4. The minimum atomic E-state index is -0.862. The van der Waals surface area contributed by atoms with Crippen LogP contribution < -0.4 is 4.74 Å². The number of nitriles is 1. The second kappa shape index (κ2) is 9.76. The van der Waals surface area contributed by atoms with E-state index in [0.29, 0.717) is 50.5 Å². The van der Waals surface area contributed by atoms with Crippen molar-refractivity contribution < 1.29 is 19.4 Å². The Morgan fingerprint density at radius 1 is 1.34 bits per heavy atom. The smallest absolute Gasteiger partial charge is 0.407 e. The largest absolute Gasteiger partial charge is 0.480 e. The first-order valence-electron chi connectivity index (χ1n) is 11.7. The molecule has 0 spiro atoms. The van der Waals surface area contributed by atoms with E-state index >= 15 is 0 Å². The molecule has 1 saturated heterocycles. The number of piperidine rings is 1. The molecule has 5 rings (SSSR count). The van der Waals surface area contributed by atoms with Gasteiger partial charge in [-0.2, -0.15) is 15.5 Å². The Bertz CT molecular complexity index is 1280. The van der Waals surface area contributed by atoms with Crippen LogP contribution in [0.25, 0.3) is 16.9 Å². The molecule has 2 aliphatic heterocycles. The summed E-state index contributed by atoms with van der Waals surface area (Å²) < 4.78 is 14.6. The Labute approximate surface area is 202 Å². The third kappa shape index (κ3) is 4.57. The summed E-state index contributed by atoms with van der Waals surface area (Å²) in [6.45, 7) is 2.97. The Kier molecular flexibility index (Phi) is 6.37. The van der Waals surface area contributed by atoms with Crippen LogP contribution >= 0.6 is 0 Å². The topological polar surface area (TPSA) is 131 Å². The average Bonchev–Trinajstić information content (AvgIpc) is 3.40. The van der Waals surface area contributed by atoms with Crippen molar-refractivity contribution in [3.8, 4) is 28.9 Å². The van der Waals surface area contributed by atoms with E-state index in [0.717, 1.165) is 41.8 Å². The van der Waals surface area contributed by atoms with Crippen molar-refractivity contribution in [3.63, 3.8) is 0 Å². The van der Waals surface area contributed by atoms with Crippen molar-refractivity contribution in [3.05, 3.63) is 41.5 Å². The molecule has 35 heavy (non-hydrogen) atoms. The number of amides is 1. The molecule has 3 aromatic rings. The van der Waals surface area contributed by atoms with Crippen LogP contribution in [0.3, 0.4) is 0 Å². The summed E-state index contributed by atoms with van der Waals surface area (Å²) in [6, 6.07) is 3.86. The summed E-state index contributed by atoms with van der Waals surface area (Å²) in [5, 5.41) is 28.3. The lowest BCUT2D eigenvalue weighted by atomic mass is 9.98. The fourth-order valence-electron chi connectivity index (χ4n) is 4.93. The first-order valence-corrected chi connectivity index (χ1v) is 11.7. The highest BCUT2D eigenvalue weighted by molar-refractivity contribution is 5.65. The number of rotatable bonds is 5. The molecular formula is C24H27N7O4. The first-order chi connectivity index (χ1) is 17.1. The van der Waals surface area contributed by atoms with Gasteiger partial charge in [0.05, 0.1) is 49.8 Å². The normalized spacial score (nSPS) is 17.9. The summed E-state index contributed by atoms with van der Waals surface area (Å²) in [6.07, 6.45) is 7.84. The molecule has 11 nitrogen and oxygen atoms in total. The van der Waals surface area contributed by atoms with Gasteiger partial charge in [-0.15, -0.1) is 0 Å². The summed E-state index contributed by atoms with van der Waals surface area (Å²) in [5.74, 6) is 0.508. The van der Waals surface area contributed by atoms with Crippen LogP contribution in [-0.2, 0) is 24.1 Å². The van der Waals surface area contributed by atoms with Gasteiger partial charge in [-0.1, -0.05) is 0 Å². The van der Waals surface area contributed by atoms with Gasteiger partial charge in [-0.25, -0.2) is 14.5 Å². The van der Waals surface area contributed by atoms with E-state index in [1.807, 2.05) is 21.8 Å². The zero-order valence-electron chi connectivity index (χ0n) is 19.6. The molecule has 1 amide bonds. The van der Waals surface area contributed by atoms with E-state index in [4.69, 9.17) is 14.6 Å². The lowest BCUT2D eigenvalue weighted by Gasteiger charge is -2.30. The number of pyridine rings is 1. The van der Waals surface area contributed by atoms with Crippen LogP contribution in [0.5, 0.6) is 5.88 Å². The third-order valence-corrected chi connectivity index (χ3v) is 6.61. The van der Waals surface area contributed by atoms with E-state index < -0.39 is 6.09 Å². The Morgan fingerprint density at radius 3 is 3.00 bits per heavy atom. The average molecular weight is 478 g/mol. The maximum atomic E-state index is 11.4. The molecule has 3 aromatic heterocycles. The molecule has 1 atom stereocenters. The zero-order chi connectivity index (χ0) is 24.4. The van der Waals surface area contributed by atoms with Gasteiger partial charge in [0, 0.05) is 43.4 Å². The summed E-state index contributed by atoms with van der Waals surface area (Å²) >= 11 is 0. The zero-order valence-corrected chi connectivity index (χ0v) is 19.6.